The fourth-order valence-corrected chi connectivity index (χ4v) is 4.85. The molecule has 2 heterocycles. The lowest BCUT2D eigenvalue weighted by Gasteiger charge is -2.13. The Kier molecular flexibility index (Phi) is 7.03. The first-order valence-corrected chi connectivity index (χ1v) is 11.8. The van der Waals surface area contributed by atoms with Gasteiger partial charge in [-0.25, -0.2) is 8.89 Å². The number of H-pyrrole nitrogens is 2. The lowest BCUT2D eigenvalue weighted by atomic mass is 9.80. The Morgan fingerprint density at radius 2 is 1.70 bits per heavy atom. The maximum absolute atomic E-state index is 13.5. The first-order valence-electron chi connectivity index (χ1n) is 9.90. The first-order chi connectivity index (χ1) is 17.2. The summed E-state index contributed by atoms with van der Waals surface area (Å²) in [5.41, 5.74) is -0.985. The fraction of sp³-hybridized carbons (Fsp3) is 0.158. The quantitative estimate of drug-likeness (QED) is 0.332. The molecule has 0 radical (unpaired) electrons. The molecule has 4 aromatic rings. The minimum absolute atomic E-state index is 0.266. The van der Waals surface area contributed by atoms with Crippen LogP contribution < -0.4 is 15.4 Å². The van der Waals surface area contributed by atoms with Gasteiger partial charge in [0.1, 0.15) is 22.2 Å². The Balaban J connectivity index is 1.90. The first kappa shape index (κ1) is 26.9. The van der Waals surface area contributed by atoms with Crippen LogP contribution in [0.1, 0.15) is 5.56 Å². The maximum atomic E-state index is 13.5. The smallest absolute Gasteiger partial charge is 0.476 e. The van der Waals surface area contributed by atoms with E-state index in [9.17, 15) is 30.6 Å². The number of nitrogens with one attached hydrogen (secondary N) is 2. The summed E-state index contributed by atoms with van der Waals surface area (Å²) in [6.45, 7) is -0.724. The Hall–Kier alpha value is -3.11. The zero-order chi connectivity index (χ0) is 27.3. The number of nitrogens with two attached hydrogens (primary N) is 1. The molecule has 8 nitrogen and oxygen atoms in total. The van der Waals surface area contributed by atoms with Crippen LogP contribution in [0.2, 0.25) is 10.0 Å². The molecule has 2 aromatic heterocycles. The Labute approximate surface area is 216 Å². The van der Waals surface area contributed by atoms with Crippen molar-refractivity contribution in [3.05, 3.63) is 52.0 Å². The summed E-state index contributed by atoms with van der Waals surface area (Å²) in [5, 5.41) is 9.35. The monoisotopic (exact) mass is 584 g/mol. The van der Waals surface area contributed by atoms with Gasteiger partial charge in [-0.3, -0.25) is 0 Å². The molecule has 4 N–H and O–H groups in total. The zero-order valence-electron chi connectivity index (χ0n) is 18.2. The number of ether oxygens (including phenoxy) is 1. The topological polar surface area (TPSA) is 113 Å². The minimum Gasteiger partial charge on any atom is -0.497 e. The largest absolute Gasteiger partial charge is 0.497 e. The van der Waals surface area contributed by atoms with E-state index in [-0.39, 0.29) is 5.82 Å². The van der Waals surface area contributed by atoms with Crippen molar-refractivity contribution in [2.24, 2.45) is 0 Å². The van der Waals surface area contributed by atoms with Crippen LogP contribution in [0.15, 0.2) is 41.3 Å². The highest BCUT2D eigenvalue weighted by atomic mass is 35.5. The number of aromatic nitrogens is 5. The van der Waals surface area contributed by atoms with Crippen LogP contribution in [0.5, 0.6) is 5.75 Å². The van der Waals surface area contributed by atoms with Crippen LogP contribution in [0.3, 0.4) is 0 Å². The molecule has 0 saturated heterocycles. The van der Waals surface area contributed by atoms with E-state index in [1.807, 2.05) is 0 Å². The second kappa shape index (κ2) is 9.65. The van der Waals surface area contributed by atoms with Gasteiger partial charge in [-0.15, -0.1) is 5.46 Å². The summed E-state index contributed by atoms with van der Waals surface area (Å²) in [4.78, 5) is 1.82. The number of hydrogen-bond acceptors (Lipinski definition) is 5. The van der Waals surface area contributed by atoms with Crippen LogP contribution in [0.4, 0.5) is 32.2 Å². The van der Waals surface area contributed by atoms with E-state index in [2.05, 4.69) is 20.1 Å². The van der Waals surface area contributed by atoms with E-state index in [4.69, 9.17) is 33.7 Å². The van der Waals surface area contributed by atoms with Crippen molar-refractivity contribution in [2.75, 3.05) is 12.8 Å². The van der Waals surface area contributed by atoms with Crippen molar-refractivity contribution in [1.82, 2.24) is 19.9 Å². The van der Waals surface area contributed by atoms with E-state index in [1.165, 1.54) is 7.11 Å². The molecule has 0 bridgehead atoms. The second-order valence-corrected chi connectivity index (χ2v) is 9.64. The highest BCUT2D eigenvalue weighted by Crippen LogP contribution is 2.41. The van der Waals surface area contributed by atoms with Crippen molar-refractivity contribution in [1.29, 1.82) is 0 Å². The molecule has 196 valence electrons. The SMILES string of the molecule is COc1ccc(-[b-]2[nH]nc(-c3nn(-c4c(Cl)cc(C(F)(F)F)cc4Cl)c(N)c3S(=O)C(F)(F)F)[nH+]2)cc1. The lowest BCUT2D eigenvalue weighted by molar-refractivity contribution is -0.298. The third kappa shape index (κ3) is 5.17. The second-order valence-electron chi connectivity index (χ2n) is 7.42. The van der Waals surface area contributed by atoms with Gasteiger partial charge in [0.05, 0.1) is 22.7 Å². The number of nitrogens with zero attached hydrogens (tertiary/aromatic N) is 3. The number of halogens is 8. The Morgan fingerprint density at radius 3 is 2.22 bits per heavy atom. The van der Waals surface area contributed by atoms with Crippen LogP contribution in [0, 0.1) is 0 Å². The van der Waals surface area contributed by atoms with Crippen LogP contribution in [0.25, 0.3) is 22.7 Å². The van der Waals surface area contributed by atoms with E-state index < -0.39 is 66.8 Å². The van der Waals surface area contributed by atoms with Crippen LogP contribution >= 0.6 is 23.2 Å². The normalized spacial score (nSPS) is 13.1. The molecule has 37 heavy (non-hydrogen) atoms. The van der Waals surface area contributed by atoms with Gasteiger partial charge >= 0.3 is 11.7 Å². The van der Waals surface area contributed by atoms with Crippen molar-refractivity contribution in [3.8, 4) is 28.4 Å². The number of benzene rings is 2. The number of anilines is 1. The number of rotatable bonds is 5. The minimum atomic E-state index is -5.26. The van der Waals surface area contributed by atoms with E-state index >= 15 is 0 Å². The van der Waals surface area contributed by atoms with Gasteiger partial charge in [-0.05, 0) is 29.4 Å². The molecular formula is C19H13BCl2F6N6O2S. The molecule has 0 amide bonds. The fourth-order valence-electron chi connectivity index (χ4n) is 3.38. The van der Waals surface area contributed by atoms with E-state index in [0.29, 0.717) is 28.0 Å². The molecule has 0 aliphatic rings. The number of aromatic amines is 2. The molecule has 0 aliphatic carbocycles. The van der Waals surface area contributed by atoms with Crippen LogP contribution in [-0.2, 0) is 17.0 Å². The van der Waals surface area contributed by atoms with Crippen molar-refractivity contribution >= 4 is 46.4 Å². The van der Waals surface area contributed by atoms with Gasteiger partial charge in [0.15, 0.2) is 16.5 Å². The van der Waals surface area contributed by atoms with Crippen molar-refractivity contribution in [2.45, 2.75) is 16.6 Å². The summed E-state index contributed by atoms with van der Waals surface area (Å²) in [6.07, 6.45) is -4.81. The van der Waals surface area contributed by atoms with E-state index in [0.717, 1.165) is 0 Å². The Bertz CT molecular complexity index is 1480. The van der Waals surface area contributed by atoms with Gasteiger partial charge in [-0.2, -0.15) is 31.4 Å². The number of nitrogen functional groups attached to an aromatic ring is 1. The summed E-state index contributed by atoms with van der Waals surface area (Å²) in [6, 6.07) is 7.62. The molecule has 0 saturated carbocycles. The summed E-state index contributed by atoms with van der Waals surface area (Å²) < 4.78 is 97.9. The van der Waals surface area contributed by atoms with Gasteiger partial charge in [0, 0.05) is 0 Å². The third-order valence-electron chi connectivity index (χ3n) is 5.09. The average Bonchev–Trinajstić information content (AvgIpc) is 3.42. The van der Waals surface area contributed by atoms with Crippen molar-refractivity contribution in [3.63, 3.8) is 0 Å². The predicted molar refractivity (Wildman–Crippen MR) is 123 cm³/mol. The molecule has 18 heteroatoms. The number of methoxy groups -OCH3 is 1. The highest BCUT2D eigenvalue weighted by molar-refractivity contribution is 7.86. The molecule has 1 unspecified atom stereocenters. The van der Waals surface area contributed by atoms with E-state index in [1.54, 1.807) is 24.3 Å². The molecular weight excluding hydrogens is 572 g/mol. The molecule has 2 aromatic carbocycles. The average molecular weight is 585 g/mol. The molecule has 1 atom stereocenters. The summed E-state index contributed by atoms with van der Waals surface area (Å²) >= 11 is 12.0. The lowest BCUT2D eigenvalue weighted by Crippen LogP contribution is -2.22. The highest BCUT2D eigenvalue weighted by Gasteiger charge is 2.44. The maximum Gasteiger partial charge on any atom is 0.476 e. The predicted octanol–water partition coefficient (Wildman–Crippen LogP) is 4.64. The summed E-state index contributed by atoms with van der Waals surface area (Å²) in [5.74, 6) is -0.521. The summed E-state index contributed by atoms with van der Waals surface area (Å²) in [7, 11) is -2.23. The van der Waals surface area contributed by atoms with Gasteiger partial charge in [-0.1, -0.05) is 35.3 Å². The molecule has 0 aliphatic heterocycles. The van der Waals surface area contributed by atoms with Gasteiger partial charge < -0.3 is 20.4 Å². The van der Waals surface area contributed by atoms with Crippen LogP contribution in [-0.4, -0.2) is 43.3 Å². The third-order valence-corrected chi connectivity index (χ3v) is 6.86. The van der Waals surface area contributed by atoms with Gasteiger partial charge in [0.25, 0.3) is 12.5 Å². The number of hydrogen-bond donors (Lipinski definition) is 2. The molecule has 0 fully saturated rings. The number of alkyl halides is 6. The van der Waals surface area contributed by atoms with Crippen molar-refractivity contribution < 1.29 is 40.2 Å². The Morgan fingerprint density at radius 1 is 1.11 bits per heavy atom. The standard InChI is InChI=1S/C19H13BCl2F6N6O2S/c1-36-10-4-2-9(3-5-10)20-30-17(31-33-20)13-15(37(35)19(26,27)28)16(29)34(32-13)14-11(21)6-8(7-12(14)22)18(23,24)25/h2-7,30,33H,29H2,1H3. The van der Waals surface area contributed by atoms with Gasteiger partial charge in [0.2, 0.25) is 0 Å². The molecule has 0 spiro atoms. The molecule has 4 rings (SSSR count). The zero-order valence-corrected chi connectivity index (χ0v) is 20.5.